The second-order valence-electron chi connectivity index (χ2n) is 9.38. The van der Waals surface area contributed by atoms with Crippen molar-refractivity contribution in [3.05, 3.63) is 126 Å². The van der Waals surface area contributed by atoms with Crippen LogP contribution in [0.25, 0.3) is 27.4 Å². The standard InChI is InChI=1S/C32H26N2/c1-2-21-11-15-24(16-12-21)34-31-10-6-4-8-26(31)28-20-23(14-18-32(28)34)22-13-17-30-27(19-22)25-7-3-5-9-29(25)33-30/h3-20,28,32-33H,2H2,1H3. The van der Waals surface area contributed by atoms with Crippen LogP contribution in [0.2, 0.25) is 0 Å². The largest absolute Gasteiger partial charge is 0.355 e. The van der Waals surface area contributed by atoms with Gasteiger partial charge < -0.3 is 9.88 Å². The summed E-state index contributed by atoms with van der Waals surface area (Å²) in [6.45, 7) is 2.21. The first kappa shape index (κ1) is 19.4. The third kappa shape index (κ3) is 2.88. The van der Waals surface area contributed by atoms with Crippen molar-refractivity contribution in [2.75, 3.05) is 4.90 Å². The molecule has 0 saturated carbocycles. The minimum atomic E-state index is 0.297. The van der Waals surface area contributed by atoms with Gasteiger partial charge in [0.1, 0.15) is 0 Å². The van der Waals surface area contributed by atoms with Crippen LogP contribution >= 0.6 is 0 Å². The second kappa shape index (κ2) is 7.50. The van der Waals surface area contributed by atoms with Gasteiger partial charge in [-0.15, -0.1) is 0 Å². The van der Waals surface area contributed by atoms with Crippen LogP contribution in [0.4, 0.5) is 11.4 Å². The van der Waals surface area contributed by atoms with Crippen molar-refractivity contribution in [1.82, 2.24) is 4.98 Å². The topological polar surface area (TPSA) is 19.0 Å². The number of rotatable bonds is 3. The third-order valence-corrected chi connectivity index (χ3v) is 7.52. The SMILES string of the molecule is CCc1ccc(N2c3ccccc3C3C=C(c4ccc5[nH]c6ccccc6c5c4)C=CC32)cc1. The van der Waals surface area contributed by atoms with Crippen LogP contribution in [-0.2, 0) is 6.42 Å². The minimum Gasteiger partial charge on any atom is -0.355 e. The van der Waals surface area contributed by atoms with Crippen LogP contribution in [0.15, 0.2) is 109 Å². The third-order valence-electron chi connectivity index (χ3n) is 7.52. The molecule has 0 fully saturated rings. The fraction of sp³-hybridized carbons (Fsp3) is 0.125. The molecule has 0 amide bonds. The number of H-pyrrole nitrogens is 1. The summed E-state index contributed by atoms with van der Waals surface area (Å²) in [6, 6.07) is 33.6. The number of para-hydroxylation sites is 2. The van der Waals surface area contributed by atoms with Gasteiger partial charge in [0.25, 0.3) is 0 Å². The molecule has 0 radical (unpaired) electrons. The van der Waals surface area contributed by atoms with Crippen molar-refractivity contribution in [1.29, 1.82) is 0 Å². The van der Waals surface area contributed by atoms with Crippen LogP contribution in [0.5, 0.6) is 0 Å². The molecule has 2 nitrogen and oxygen atoms in total. The normalized spacial score (nSPS) is 18.9. The van der Waals surface area contributed by atoms with E-state index in [1.165, 1.54) is 55.4 Å². The molecular formula is C32H26N2. The predicted octanol–water partition coefficient (Wildman–Crippen LogP) is 8.14. The summed E-state index contributed by atoms with van der Waals surface area (Å²) in [6.07, 6.45) is 8.25. The van der Waals surface area contributed by atoms with Crippen molar-refractivity contribution in [3.63, 3.8) is 0 Å². The van der Waals surface area contributed by atoms with E-state index in [9.17, 15) is 0 Å². The number of aromatic amines is 1. The van der Waals surface area contributed by atoms with E-state index in [1.807, 2.05) is 0 Å². The molecule has 0 bridgehead atoms. The number of fused-ring (bicyclic) bond motifs is 6. The maximum absolute atomic E-state index is 3.55. The Morgan fingerprint density at radius 2 is 1.59 bits per heavy atom. The van der Waals surface area contributed by atoms with Gasteiger partial charge in [-0.1, -0.05) is 79.7 Å². The Hall–Kier alpha value is -4.04. The summed E-state index contributed by atoms with van der Waals surface area (Å²) < 4.78 is 0. The fourth-order valence-electron chi connectivity index (χ4n) is 5.76. The summed E-state index contributed by atoms with van der Waals surface area (Å²) in [7, 11) is 0. The van der Waals surface area contributed by atoms with E-state index in [-0.39, 0.29) is 0 Å². The molecule has 2 unspecified atom stereocenters. The van der Waals surface area contributed by atoms with E-state index in [0.717, 1.165) is 6.42 Å². The van der Waals surface area contributed by atoms with Gasteiger partial charge in [-0.25, -0.2) is 0 Å². The summed E-state index contributed by atoms with van der Waals surface area (Å²) >= 11 is 0. The molecule has 2 aliphatic rings. The van der Waals surface area contributed by atoms with Crippen LogP contribution in [-0.4, -0.2) is 11.0 Å². The molecule has 5 aromatic rings. The van der Waals surface area contributed by atoms with Gasteiger partial charge in [0, 0.05) is 39.1 Å². The molecular weight excluding hydrogens is 412 g/mol. The van der Waals surface area contributed by atoms with E-state index >= 15 is 0 Å². The average molecular weight is 439 g/mol. The van der Waals surface area contributed by atoms with Crippen molar-refractivity contribution < 1.29 is 0 Å². The fourth-order valence-corrected chi connectivity index (χ4v) is 5.76. The van der Waals surface area contributed by atoms with Crippen LogP contribution in [0, 0.1) is 0 Å². The number of aromatic nitrogens is 1. The molecule has 164 valence electrons. The Labute approximate surface area is 199 Å². The van der Waals surface area contributed by atoms with Gasteiger partial charge in [0.2, 0.25) is 0 Å². The molecule has 2 heteroatoms. The molecule has 1 aliphatic carbocycles. The smallest absolute Gasteiger partial charge is 0.0630 e. The zero-order valence-corrected chi connectivity index (χ0v) is 19.2. The molecule has 2 heterocycles. The number of anilines is 2. The van der Waals surface area contributed by atoms with E-state index in [2.05, 4.69) is 126 Å². The Bertz CT molecular complexity index is 1600. The van der Waals surface area contributed by atoms with Crippen molar-refractivity contribution in [2.45, 2.75) is 25.3 Å². The highest BCUT2D eigenvalue weighted by atomic mass is 15.2. The van der Waals surface area contributed by atoms with Gasteiger partial charge >= 0.3 is 0 Å². The van der Waals surface area contributed by atoms with Crippen molar-refractivity contribution >= 4 is 38.8 Å². The maximum Gasteiger partial charge on any atom is 0.0630 e. The molecule has 1 N–H and O–H groups in total. The Morgan fingerprint density at radius 3 is 2.47 bits per heavy atom. The van der Waals surface area contributed by atoms with Crippen LogP contribution < -0.4 is 4.90 Å². The first-order chi connectivity index (χ1) is 16.8. The van der Waals surface area contributed by atoms with Crippen LogP contribution in [0.3, 0.4) is 0 Å². The van der Waals surface area contributed by atoms with E-state index in [0.29, 0.717) is 12.0 Å². The summed E-state index contributed by atoms with van der Waals surface area (Å²) in [4.78, 5) is 6.05. The maximum atomic E-state index is 3.55. The molecule has 4 aromatic carbocycles. The molecule has 34 heavy (non-hydrogen) atoms. The zero-order chi connectivity index (χ0) is 22.6. The lowest BCUT2D eigenvalue weighted by molar-refractivity contribution is 0.747. The molecule has 2 atom stereocenters. The lowest BCUT2D eigenvalue weighted by Gasteiger charge is -2.30. The number of allylic oxidation sites excluding steroid dienone is 2. The van der Waals surface area contributed by atoms with E-state index in [4.69, 9.17) is 0 Å². The van der Waals surface area contributed by atoms with Gasteiger partial charge in [-0.3, -0.25) is 0 Å². The first-order valence-corrected chi connectivity index (χ1v) is 12.2. The number of aryl methyl sites for hydroxylation is 1. The van der Waals surface area contributed by atoms with Crippen molar-refractivity contribution in [3.8, 4) is 0 Å². The highest BCUT2D eigenvalue weighted by Gasteiger charge is 2.38. The van der Waals surface area contributed by atoms with E-state index < -0.39 is 0 Å². The number of benzene rings is 4. The average Bonchev–Trinajstić information content (AvgIpc) is 3.43. The molecule has 1 aliphatic heterocycles. The number of nitrogens with zero attached hydrogens (tertiary/aromatic N) is 1. The first-order valence-electron chi connectivity index (χ1n) is 12.2. The quantitative estimate of drug-likeness (QED) is 0.301. The molecule has 1 aromatic heterocycles. The Kier molecular flexibility index (Phi) is 4.28. The highest BCUT2D eigenvalue weighted by Crippen LogP contribution is 2.49. The zero-order valence-electron chi connectivity index (χ0n) is 19.2. The van der Waals surface area contributed by atoms with Gasteiger partial charge in [-0.2, -0.15) is 0 Å². The van der Waals surface area contributed by atoms with E-state index in [1.54, 1.807) is 0 Å². The second-order valence-corrected chi connectivity index (χ2v) is 9.38. The number of hydrogen-bond acceptors (Lipinski definition) is 1. The van der Waals surface area contributed by atoms with Crippen molar-refractivity contribution in [2.24, 2.45) is 0 Å². The monoisotopic (exact) mass is 438 g/mol. The predicted molar refractivity (Wildman–Crippen MR) is 144 cm³/mol. The molecule has 7 rings (SSSR count). The van der Waals surface area contributed by atoms with Gasteiger partial charge in [-0.05, 0) is 65.1 Å². The summed E-state index contributed by atoms with van der Waals surface area (Å²) in [5, 5.41) is 2.57. The number of hydrogen-bond donors (Lipinski definition) is 1. The Morgan fingerprint density at radius 1 is 0.794 bits per heavy atom. The lowest BCUT2D eigenvalue weighted by Crippen LogP contribution is -2.28. The summed E-state index contributed by atoms with van der Waals surface area (Å²) in [5.41, 5.74) is 10.3. The minimum absolute atomic E-state index is 0.297. The number of nitrogens with one attached hydrogen (secondary N) is 1. The van der Waals surface area contributed by atoms with Gasteiger partial charge in [0.15, 0.2) is 0 Å². The van der Waals surface area contributed by atoms with Gasteiger partial charge in [0.05, 0.1) is 6.04 Å². The molecule has 0 saturated heterocycles. The Balaban J connectivity index is 1.32. The molecule has 0 spiro atoms. The van der Waals surface area contributed by atoms with Crippen LogP contribution in [0.1, 0.15) is 29.5 Å². The summed E-state index contributed by atoms with van der Waals surface area (Å²) in [5.74, 6) is 0.334. The highest BCUT2D eigenvalue weighted by molar-refractivity contribution is 6.08. The lowest BCUT2D eigenvalue weighted by atomic mass is 9.86.